The lowest BCUT2D eigenvalue weighted by Crippen LogP contribution is -2.57. The van der Waals surface area contributed by atoms with E-state index in [0.29, 0.717) is 13.0 Å². The molecule has 2 amide bonds. The second-order valence-electron chi connectivity index (χ2n) is 8.08. The molecular formula is C19H30N2O5S. The minimum atomic E-state index is -0.617. The van der Waals surface area contributed by atoms with Crippen molar-refractivity contribution in [2.45, 2.75) is 62.6 Å². The Balaban J connectivity index is 2.02. The molecule has 0 saturated carbocycles. The second-order valence-corrected chi connectivity index (χ2v) is 9.63. The Morgan fingerprint density at radius 1 is 1.44 bits per heavy atom. The van der Waals surface area contributed by atoms with Gasteiger partial charge >= 0.3 is 5.97 Å². The number of aliphatic hydroxyl groups excluding tert-OH is 1. The van der Waals surface area contributed by atoms with E-state index >= 15 is 0 Å². The third kappa shape index (κ3) is 3.05. The molecule has 0 aromatic heterocycles. The van der Waals surface area contributed by atoms with Gasteiger partial charge in [-0.25, -0.2) is 0 Å². The van der Waals surface area contributed by atoms with Gasteiger partial charge in [0.15, 0.2) is 0 Å². The molecule has 3 unspecified atom stereocenters. The lowest BCUT2D eigenvalue weighted by atomic mass is 9.66. The van der Waals surface area contributed by atoms with E-state index in [1.165, 1.54) is 0 Å². The summed E-state index contributed by atoms with van der Waals surface area (Å²) in [5.74, 6) is -1.51. The summed E-state index contributed by atoms with van der Waals surface area (Å²) in [6, 6.07) is -0.657. The molecule has 3 fully saturated rings. The number of aliphatic hydroxyl groups is 1. The molecule has 1 spiro atoms. The van der Waals surface area contributed by atoms with Gasteiger partial charge in [0.05, 0.1) is 23.2 Å². The van der Waals surface area contributed by atoms with Crippen molar-refractivity contribution in [3.63, 3.8) is 0 Å². The van der Waals surface area contributed by atoms with Crippen molar-refractivity contribution in [3.8, 4) is 0 Å². The van der Waals surface area contributed by atoms with Crippen LogP contribution in [0.4, 0.5) is 0 Å². The van der Waals surface area contributed by atoms with Crippen LogP contribution in [0.1, 0.15) is 40.5 Å². The van der Waals surface area contributed by atoms with Gasteiger partial charge in [0.1, 0.15) is 6.04 Å². The van der Waals surface area contributed by atoms with Crippen LogP contribution in [0.5, 0.6) is 0 Å². The standard InChI is InChI=1S/C19H30N2O5S/c1-5-26-18(25)13-12-9-11(4)19(27-12)14(13)17(24)21(7-6-8-22)15(19)16(23)20-10(2)3/h10-15,22H,5-9H2,1-4H3,(H,20,23)/t11?,12-,13+,14-,15?,19?/m0/s1. The van der Waals surface area contributed by atoms with Crippen LogP contribution in [0.25, 0.3) is 0 Å². The number of hydrogen-bond acceptors (Lipinski definition) is 6. The molecule has 3 saturated heterocycles. The number of nitrogens with zero attached hydrogens (tertiary/aromatic N) is 1. The maximum Gasteiger partial charge on any atom is 0.310 e. The maximum atomic E-state index is 13.4. The number of carbonyl (C=O) groups excluding carboxylic acids is 3. The van der Waals surface area contributed by atoms with Gasteiger partial charge in [-0.15, -0.1) is 11.8 Å². The fraction of sp³-hybridized carbons (Fsp3) is 0.842. The summed E-state index contributed by atoms with van der Waals surface area (Å²) < 4.78 is 4.68. The van der Waals surface area contributed by atoms with Crippen molar-refractivity contribution in [1.82, 2.24) is 10.2 Å². The number of nitrogens with one attached hydrogen (secondary N) is 1. The van der Waals surface area contributed by atoms with Crippen molar-refractivity contribution in [2.75, 3.05) is 19.8 Å². The van der Waals surface area contributed by atoms with Crippen LogP contribution in [0.15, 0.2) is 0 Å². The first kappa shape index (κ1) is 20.5. The number of amides is 2. The van der Waals surface area contributed by atoms with E-state index in [0.717, 1.165) is 6.42 Å². The van der Waals surface area contributed by atoms with Crippen molar-refractivity contribution >= 4 is 29.5 Å². The molecule has 3 heterocycles. The van der Waals surface area contributed by atoms with Crippen molar-refractivity contribution in [3.05, 3.63) is 0 Å². The molecule has 7 nitrogen and oxygen atoms in total. The molecule has 8 heteroatoms. The van der Waals surface area contributed by atoms with E-state index in [-0.39, 0.29) is 48.2 Å². The predicted molar refractivity (Wildman–Crippen MR) is 102 cm³/mol. The Hall–Kier alpha value is -1.28. The maximum absolute atomic E-state index is 13.4. The lowest BCUT2D eigenvalue weighted by Gasteiger charge is -2.38. The molecule has 2 bridgehead atoms. The topological polar surface area (TPSA) is 95.9 Å². The van der Waals surface area contributed by atoms with Gasteiger partial charge in [-0.1, -0.05) is 6.92 Å². The lowest BCUT2D eigenvalue weighted by molar-refractivity contribution is -0.154. The first-order chi connectivity index (χ1) is 12.8. The van der Waals surface area contributed by atoms with Gasteiger partial charge in [0, 0.05) is 24.4 Å². The molecule has 0 aliphatic carbocycles. The largest absolute Gasteiger partial charge is 0.466 e. The van der Waals surface area contributed by atoms with Crippen molar-refractivity contribution in [2.24, 2.45) is 17.8 Å². The molecular weight excluding hydrogens is 368 g/mol. The number of thioether (sulfide) groups is 1. The zero-order valence-electron chi connectivity index (χ0n) is 16.4. The van der Waals surface area contributed by atoms with E-state index < -0.39 is 22.6 Å². The summed E-state index contributed by atoms with van der Waals surface area (Å²) in [4.78, 5) is 40.8. The quantitative estimate of drug-likeness (QED) is 0.616. The van der Waals surface area contributed by atoms with E-state index in [1.807, 2.05) is 13.8 Å². The minimum Gasteiger partial charge on any atom is -0.466 e. The van der Waals surface area contributed by atoms with Crippen molar-refractivity contribution < 1.29 is 24.2 Å². The predicted octanol–water partition coefficient (Wildman–Crippen LogP) is 0.794. The van der Waals surface area contributed by atoms with Gasteiger partial charge < -0.3 is 20.1 Å². The average Bonchev–Trinajstić information content (AvgIpc) is 3.16. The van der Waals surface area contributed by atoms with Crippen molar-refractivity contribution in [1.29, 1.82) is 0 Å². The summed E-state index contributed by atoms with van der Waals surface area (Å²) in [6.07, 6.45) is 1.21. The third-order valence-corrected chi connectivity index (χ3v) is 8.12. The van der Waals surface area contributed by atoms with Crippen LogP contribution >= 0.6 is 11.8 Å². The van der Waals surface area contributed by atoms with Gasteiger partial charge in [0.25, 0.3) is 0 Å². The molecule has 152 valence electrons. The van der Waals surface area contributed by atoms with E-state index in [1.54, 1.807) is 23.6 Å². The third-order valence-electron chi connectivity index (χ3n) is 6.04. The SMILES string of the molecule is CCOC(=O)[C@@H]1[C@@H]2CC(C)C3(S2)C(C(=O)NC(C)C)N(CCCO)C(=O)[C@H]13. The van der Waals surface area contributed by atoms with Crippen LogP contribution in [0, 0.1) is 17.8 Å². The molecule has 0 aromatic carbocycles. The molecule has 3 aliphatic heterocycles. The fourth-order valence-corrected chi connectivity index (χ4v) is 7.58. The molecule has 3 rings (SSSR count). The van der Waals surface area contributed by atoms with E-state index in [4.69, 9.17) is 4.74 Å². The number of rotatable bonds is 7. The summed E-state index contributed by atoms with van der Waals surface area (Å²) in [7, 11) is 0. The monoisotopic (exact) mass is 398 g/mol. The van der Waals surface area contributed by atoms with Gasteiger partial charge in [0.2, 0.25) is 11.8 Å². The Labute approximate surface area is 164 Å². The Bertz CT molecular complexity index is 627. The number of carbonyl (C=O) groups is 3. The van der Waals surface area contributed by atoms with Gasteiger partial charge in [-0.2, -0.15) is 0 Å². The van der Waals surface area contributed by atoms with Crippen LogP contribution < -0.4 is 5.32 Å². The van der Waals surface area contributed by atoms with Gasteiger partial charge in [-0.3, -0.25) is 14.4 Å². The number of fused-ring (bicyclic) bond motifs is 1. The highest BCUT2D eigenvalue weighted by Crippen LogP contribution is 2.68. The van der Waals surface area contributed by atoms with E-state index in [2.05, 4.69) is 12.2 Å². The Kier molecular flexibility index (Phi) is 5.77. The summed E-state index contributed by atoms with van der Waals surface area (Å²) in [5, 5.41) is 12.2. The molecule has 0 aromatic rings. The number of esters is 1. The highest BCUT2D eigenvalue weighted by molar-refractivity contribution is 8.02. The molecule has 0 radical (unpaired) electrons. The van der Waals surface area contributed by atoms with Crippen LogP contribution in [-0.4, -0.2) is 69.6 Å². The fourth-order valence-electron chi connectivity index (χ4n) is 5.17. The Morgan fingerprint density at radius 3 is 2.74 bits per heavy atom. The second kappa shape index (κ2) is 7.62. The van der Waals surface area contributed by atoms with Crippen LogP contribution in [-0.2, 0) is 19.1 Å². The number of likely N-dealkylation sites (tertiary alicyclic amines) is 1. The molecule has 2 N–H and O–H groups in total. The number of hydrogen-bond donors (Lipinski definition) is 2. The smallest absolute Gasteiger partial charge is 0.310 e. The average molecular weight is 399 g/mol. The van der Waals surface area contributed by atoms with E-state index in [9.17, 15) is 19.5 Å². The molecule has 27 heavy (non-hydrogen) atoms. The minimum absolute atomic E-state index is 0.0161. The first-order valence-corrected chi connectivity index (χ1v) is 10.7. The molecule has 3 aliphatic rings. The normalized spacial score (nSPS) is 37.0. The number of ether oxygens (including phenoxy) is 1. The Morgan fingerprint density at radius 2 is 2.15 bits per heavy atom. The highest BCUT2D eigenvalue weighted by atomic mass is 32.2. The summed E-state index contributed by atoms with van der Waals surface area (Å²) >= 11 is 1.64. The van der Waals surface area contributed by atoms with Crippen LogP contribution in [0.3, 0.4) is 0 Å². The highest BCUT2D eigenvalue weighted by Gasteiger charge is 2.76. The van der Waals surface area contributed by atoms with Gasteiger partial charge in [-0.05, 0) is 39.5 Å². The summed E-state index contributed by atoms with van der Waals surface area (Å²) in [6.45, 7) is 8.18. The summed E-state index contributed by atoms with van der Waals surface area (Å²) in [5.41, 5.74) is 0. The first-order valence-electron chi connectivity index (χ1n) is 9.85. The zero-order valence-corrected chi connectivity index (χ0v) is 17.3. The zero-order chi connectivity index (χ0) is 19.9. The molecule has 6 atom stereocenters. The van der Waals surface area contributed by atoms with Crippen LogP contribution in [0.2, 0.25) is 0 Å².